The number of hydrogen-bond acceptors (Lipinski definition) is 2. The number of piperidine rings is 1. The summed E-state index contributed by atoms with van der Waals surface area (Å²) in [7, 11) is 0. The molecule has 1 N–H and O–H groups in total. The summed E-state index contributed by atoms with van der Waals surface area (Å²) in [6.07, 6.45) is 7.02. The van der Waals surface area contributed by atoms with Crippen LogP contribution in [0.15, 0.2) is 42.7 Å². The zero-order valence-electron chi connectivity index (χ0n) is 13.9. The lowest BCUT2D eigenvalue weighted by atomic mass is 10.0. The van der Waals surface area contributed by atoms with E-state index in [0.29, 0.717) is 5.69 Å². The Bertz CT molecular complexity index is 850. The summed E-state index contributed by atoms with van der Waals surface area (Å²) < 4.78 is 1.92. The van der Waals surface area contributed by atoms with Crippen LogP contribution in [0.4, 0.5) is 0 Å². The lowest BCUT2D eigenvalue weighted by Crippen LogP contribution is -2.46. The van der Waals surface area contributed by atoms with Crippen molar-refractivity contribution in [3.05, 3.63) is 54.0 Å². The van der Waals surface area contributed by atoms with E-state index in [1.807, 2.05) is 34.0 Å². The Hall–Kier alpha value is -2.56. The van der Waals surface area contributed by atoms with E-state index < -0.39 is 0 Å². The molecule has 4 rings (SSSR count). The highest BCUT2D eigenvalue weighted by molar-refractivity contribution is 5.98. The molecule has 1 aliphatic heterocycles. The molecular formula is C19H22N4O. The molecule has 0 saturated carbocycles. The number of rotatable bonds is 3. The first-order valence-electron chi connectivity index (χ1n) is 8.58. The van der Waals surface area contributed by atoms with Gasteiger partial charge in [-0.3, -0.25) is 9.48 Å². The average molecular weight is 322 g/mol. The smallest absolute Gasteiger partial charge is 0.270 e. The third-order valence-corrected chi connectivity index (χ3v) is 4.85. The predicted octanol–water partition coefficient (Wildman–Crippen LogP) is 3.37. The monoisotopic (exact) mass is 322 g/mol. The summed E-state index contributed by atoms with van der Waals surface area (Å²) in [5, 5.41) is 5.39. The van der Waals surface area contributed by atoms with Gasteiger partial charge in [0.05, 0.1) is 12.6 Å². The second-order valence-electron chi connectivity index (χ2n) is 6.65. The molecule has 1 aliphatic rings. The van der Waals surface area contributed by atoms with Gasteiger partial charge in [0.25, 0.3) is 5.91 Å². The van der Waals surface area contributed by atoms with E-state index in [-0.39, 0.29) is 11.9 Å². The molecule has 1 amide bonds. The number of H-pyrrole nitrogens is 1. The molecule has 0 aliphatic carbocycles. The molecule has 1 saturated heterocycles. The summed E-state index contributed by atoms with van der Waals surface area (Å²) in [6.45, 7) is 3.65. The van der Waals surface area contributed by atoms with E-state index in [1.165, 1.54) is 12.0 Å². The standard InChI is InChI=1S/C19H22N4O/c1-14-6-7-17-15(11-14)12-18(21-17)19(24)23-10-3-2-5-16(23)13-22-9-4-8-20-22/h4,6-9,11-12,16,21H,2-3,5,10,13H2,1H3. The molecule has 1 unspecified atom stereocenters. The van der Waals surface area contributed by atoms with Gasteiger partial charge in [0.2, 0.25) is 0 Å². The van der Waals surface area contributed by atoms with Gasteiger partial charge in [-0.25, -0.2) is 0 Å². The van der Waals surface area contributed by atoms with Crippen molar-refractivity contribution in [1.29, 1.82) is 0 Å². The van der Waals surface area contributed by atoms with Gasteiger partial charge in [-0.1, -0.05) is 11.6 Å². The molecule has 1 aromatic carbocycles. The Morgan fingerprint density at radius 2 is 2.25 bits per heavy atom. The molecule has 0 bridgehead atoms. The third kappa shape index (κ3) is 2.82. The van der Waals surface area contributed by atoms with Gasteiger partial charge in [-0.2, -0.15) is 5.10 Å². The molecule has 3 aromatic rings. The maximum atomic E-state index is 13.1. The van der Waals surface area contributed by atoms with Crippen LogP contribution in [0.2, 0.25) is 0 Å². The Morgan fingerprint density at radius 3 is 3.08 bits per heavy atom. The number of aromatic nitrogens is 3. The van der Waals surface area contributed by atoms with Crippen LogP contribution < -0.4 is 0 Å². The normalized spacial score (nSPS) is 18.2. The highest BCUT2D eigenvalue weighted by Crippen LogP contribution is 2.23. The van der Waals surface area contributed by atoms with Crippen LogP contribution in [-0.2, 0) is 6.54 Å². The third-order valence-electron chi connectivity index (χ3n) is 4.85. The first-order valence-corrected chi connectivity index (χ1v) is 8.58. The molecule has 24 heavy (non-hydrogen) atoms. The van der Waals surface area contributed by atoms with Gasteiger partial charge < -0.3 is 9.88 Å². The molecule has 1 fully saturated rings. The number of carbonyl (C=O) groups is 1. The van der Waals surface area contributed by atoms with Gasteiger partial charge in [-0.15, -0.1) is 0 Å². The molecular weight excluding hydrogens is 300 g/mol. The van der Waals surface area contributed by atoms with Crippen LogP contribution >= 0.6 is 0 Å². The van der Waals surface area contributed by atoms with Crippen molar-refractivity contribution in [3.8, 4) is 0 Å². The summed E-state index contributed by atoms with van der Waals surface area (Å²) >= 11 is 0. The van der Waals surface area contributed by atoms with E-state index in [1.54, 1.807) is 6.20 Å². The van der Waals surface area contributed by atoms with E-state index >= 15 is 0 Å². The molecule has 0 radical (unpaired) electrons. The average Bonchev–Trinajstić information content (AvgIpc) is 3.23. The van der Waals surface area contributed by atoms with E-state index in [2.05, 4.69) is 29.1 Å². The fourth-order valence-corrected chi connectivity index (χ4v) is 3.60. The Kier molecular flexibility index (Phi) is 3.84. The highest BCUT2D eigenvalue weighted by atomic mass is 16.2. The van der Waals surface area contributed by atoms with Gasteiger partial charge in [0.1, 0.15) is 5.69 Å². The number of aromatic amines is 1. The van der Waals surface area contributed by atoms with E-state index in [9.17, 15) is 4.79 Å². The van der Waals surface area contributed by atoms with Crippen LogP contribution in [0.5, 0.6) is 0 Å². The quantitative estimate of drug-likeness (QED) is 0.804. The Balaban J connectivity index is 1.60. The fraction of sp³-hybridized carbons (Fsp3) is 0.368. The zero-order valence-corrected chi connectivity index (χ0v) is 13.9. The molecule has 124 valence electrons. The first-order chi connectivity index (χ1) is 11.7. The topological polar surface area (TPSA) is 53.9 Å². The summed E-state index contributed by atoms with van der Waals surface area (Å²) in [5.41, 5.74) is 2.91. The Labute approximate surface area is 141 Å². The van der Waals surface area contributed by atoms with Crippen molar-refractivity contribution in [2.45, 2.75) is 38.8 Å². The number of likely N-dealkylation sites (tertiary alicyclic amines) is 1. The van der Waals surface area contributed by atoms with Crippen LogP contribution in [0, 0.1) is 6.92 Å². The van der Waals surface area contributed by atoms with Crippen LogP contribution in [0.1, 0.15) is 35.3 Å². The van der Waals surface area contributed by atoms with Crippen molar-refractivity contribution in [2.75, 3.05) is 6.54 Å². The SMILES string of the molecule is Cc1ccc2[nH]c(C(=O)N3CCCCC3Cn3cccn3)cc2c1. The molecule has 1 atom stereocenters. The van der Waals surface area contributed by atoms with Gasteiger partial charge in [-0.05, 0) is 50.5 Å². The van der Waals surface area contributed by atoms with Gasteiger partial charge in [0, 0.05) is 29.8 Å². The zero-order chi connectivity index (χ0) is 16.5. The number of fused-ring (bicyclic) bond motifs is 1. The van der Waals surface area contributed by atoms with E-state index in [4.69, 9.17) is 0 Å². The van der Waals surface area contributed by atoms with Crippen molar-refractivity contribution in [1.82, 2.24) is 19.7 Å². The fourth-order valence-electron chi connectivity index (χ4n) is 3.60. The largest absolute Gasteiger partial charge is 0.351 e. The Morgan fingerprint density at radius 1 is 1.33 bits per heavy atom. The van der Waals surface area contributed by atoms with Crippen molar-refractivity contribution in [2.24, 2.45) is 0 Å². The number of amides is 1. The lowest BCUT2D eigenvalue weighted by Gasteiger charge is -2.35. The van der Waals surface area contributed by atoms with Gasteiger partial charge >= 0.3 is 0 Å². The van der Waals surface area contributed by atoms with Crippen LogP contribution in [0.3, 0.4) is 0 Å². The second kappa shape index (κ2) is 6.15. The summed E-state index contributed by atoms with van der Waals surface area (Å²) in [5.74, 6) is 0.0979. The number of carbonyl (C=O) groups excluding carboxylic acids is 1. The number of hydrogen-bond donors (Lipinski definition) is 1. The van der Waals surface area contributed by atoms with Crippen molar-refractivity contribution < 1.29 is 4.79 Å². The van der Waals surface area contributed by atoms with Crippen LogP contribution in [-0.4, -0.2) is 38.2 Å². The maximum Gasteiger partial charge on any atom is 0.270 e. The predicted molar refractivity (Wildman–Crippen MR) is 93.9 cm³/mol. The lowest BCUT2D eigenvalue weighted by molar-refractivity contribution is 0.0579. The van der Waals surface area contributed by atoms with Crippen LogP contribution in [0.25, 0.3) is 10.9 Å². The molecule has 0 spiro atoms. The van der Waals surface area contributed by atoms with Crippen molar-refractivity contribution in [3.63, 3.8) is 0 Å². The second-order valence-corrected chi connectivity index (χ2v) is 6.65. The first kappa shape index (κ1) is 15.0. The molecule has 5 nitrogen and oxygen atoms in total. The highest BCUT2D eigenvalue weighted by Gasteiger charge is 2.28. The number of nitrogens with one attached hydrogen (secondary N) is 1. The minimum Gasteiger partial charge on any atom is -0.351 e. The minimum atomic E-state index is 0.0979. The summed E-state index contributed by atoms with van der Waals surface area (Å²) in [4.78, 5) is 18.4. The number of nitrogens with zero attached hydrogens (tertiary/aromatic N) is 3. The number of aryl methyl sites for hydroxylation is 1. The molecule has 2 aromatic heterocycles. The van der Waals surface area contributed by atoms with Crippen molar-refractivity contribution >= 4 is 16.8 Å². The molecule has 3 heterocycles. The summed E-state index contributed by atoms with van der Waals surface area (Å²) in [6, 6.07) is 10.3. The van der Waals surface area contributed by atoms with E-state index in [0.717, 1.165) is 36.8 Å². The number of benzene rings is 1. The minimum absolute atomic E-state index is 0.0979. The maximum absolute atomic E-state index is 13.1. The van der Waals surface area contributed by atoms with Gasteiger partial charge in [0.15, 0.2) is 0 Å². The molecule has 5 heteroatoms.